The molecule has 1 heterocycles. The first-order valence-corrected chi connectivity index (χ1v) is 9.96. The highest BCUT2D eigenvalue weighted by Gasteiger charge is 2.47. The van der Waals surface area contributed by atoms with E-state index in [1.54, 1.807) is 24.3 Å². The van der Waals surface area contributed by atoms with Gasteiger partial charge in [0, 0.05) is 16.3 Å². The number of aryl methyl sites for hydroxylation is 2. The molecule has 1 N–H and O–H groups in total. The lowest BCUT2D eigenvalue weighted by Crippen LogP contribution is -2.30. The van der Waals surface area contributed by atoms with E-state index in [0.717, 1.165) is 16.7 Å². The fourth-order valence-corrected chi connectivity index (χ4v) is 4.08. The van der Waals surface area contributed by atoms with E-state index in [0.29, 0.717) is 16.3 Å². The highest BCUT2D eigenvalue weighted by molar-refractivity contribution is 6.51. The van der Waals surface area contributed by atoms with E-state index < -0.39 is 17.7 Å². The summed E-state index contributed by atoms with van der Waals surface area (Å²) in [5, 5.41) is 11.5. The molecule has 0 saturated carbocycles. The smallest absolute Gasteiger partial charge is 0.300 e. The number of anilines is 1. The van der Waals surface area contributed by atoms with Crippen LogP contribution in [0.2, 0.25) is 5.02 Å². The molecule has 0 bridgehead atoms. The van der Waals surface area contributed by atoms with Crippen LogP contribution in [0.15, 0.2) is 78.4 Å². The molecule has 1 fully saturated rings. The summed E-state index contributed by atoms with van der Waals surface area (Å²) >= 11 is 6.09. The van der Waals surface area contributed by atoms with Crippen LogP contribution in [0.5, 0.6) is 0 Å². The van der Waals surface area contributed by atoms with Crippen LogP contribution in [0.4, 0.5) is 5.69 Å². The predicted molar refractivity (Wildman–Crippen MR) is 119 cm³/mol. The zero-order valence-electron chi connectivity index (χ0n) is 16.6. The summed E-state index contributed by atoms with van der Waals surface area (Å²) in [6.45, 7) is 3.81. The molecule has 1 aliphatic rings. The first kappa shape index (κ1) is 19.9. The number of halogens is 1. The lowest BCUT2D eigenvalue weighted by molar-refractivity contribution is -0.132. The van der Waals surface area contributed by atoms with E-state index in [2.05, 4.69) is 0 Å². The zero-order chi connectivity index (χ0) is 21.4. The number of para-hydroxylation sites is 1. The second kappa shape index (κ2) is 7.81. The summed E-state index contributed by atoms with van der Waals surface area (Å²) in [6.07, 6.45) is 0. The van der Waals surface area contributed by atoms with Gasteiger partial charge in [-0.2, -0.15) is 0 Å². The minimum absolute atomic E-state index is 0.0554. The molecule has 1 saturated heterocycles. The number of aliphatic hydroxyl groups is 1. The Balaban J connectivity index is 2.01. The largest absolute Gasteiger partial charge is 0.507 e. The van der Waals surface area contributed by atoms with Gasteiger partial charge in [-0.15, -0.1) is 0 Å². The summed E-state index contributed by atoms with van der Waals surface area (Å²) in [6, 6.07) is 20.8. The molecule has 0 spiro atoms. The van der Waals surface area contributed by atoms with Gasteiger partial charge in [0.15, 0.2) is 0 Å². The van der Waals surface area contributed by atoms with Crippen molar-refractivity contribution in [1.29, 1.82) is 0 Å². The summed E-state index contributed by atoms with van der Waals surface area (Å²) in [4.78, 5) is 27.8. The van der Waals surface area contributed by atoms with E-state index in [-0.39, 0.29) is 11.3 Å². The summed E-state index contributed by atoms with van der Waals surface area (Å²) in [5.74, 6) is -1.62. The number of rotatable bonds is 3. The molecule has 30 heavy (non-hydrogen) atoms. The normalized spacial score (nSPS) is 18.1. The third kappa shape index (κ3) is 3.29. The van der Waals surface area contributed by atoms with Crippen molar-refractivity contribution in [3.8, 4) is 0 Å². The molecular formula is C25H20ClNO3. The number of hydrogen-bond donors (Lipinski definition) is 1. The van der Waals surface area contributed by atoms with Crippen molar-refractivity contribution < 1.29 is 14.7 Å². The van der Waals surface area contributed by atoms with Crippen LogP contribution in [-0.4, -0.2) is 16.8 Å². The number of benzene rings is 3. The quantitative estimate of drug-likeness (QED) is 0.343. The maximum atomic E-state index is 13.2. The molecule has 1 atom stereocenters. The molecule has 0 aliphatic carbocycles. The van der Waals surface area contributed by atoms with Crippen molar-refractivity contribution in [2.75, 3.05) is 4.90 Å². The van der Waals surface area contributed by atoms with E-state index in [4.69, 9.17) is 11.6 Å². The Bertz CT molecular complexity index is 1200. The third-order valence-electron chi connectivity index (χ3n) is 5.40. The minimum atomic E-state index is -0.744. The van der Waals surface area contributed by atoms with Gasteiger partial charge in [0.05, 0.1) is 11.6 Å². The van der Waals surface area contributed by atoms with Crippen molar-refractivity contribution in [2.24, 2.45) is 0 Å². The molecule has 5 heteroatoms. The van der Waals surface area contributed by atoms with E-state index >= 15 is 0 Å². The summed E-state index contributed by atoms with van der Waals surface area (Å²) < 4.78 is 0. The van der Waals surface area contributed by atoms with Crippen LogP contribution >= 0.6 is 11.6 Å². The van der Waals surface area contributed by atoms with Gasteiger partial charge in [0.1, 0.15) is 5.76 Å². The molecule has 150 valence electrons. The van der Waals surface area contributed by atoms with Crippen LogP contribution in [0.3, 0.4) is 0 Å². The van der Waals surface area contributed by atoms with E-state index in [9.17, 15) is 14.7 Å². The van der Waals surface area contributed by atoms with Crippen LogP contribution in [0.25, 0.3) is 5.76 Å². The molecule has 4 rings (SSSR count). The lowest BCUT2D eigenvalue weighted by atomic mass is 9.92. The molecule has 3 aromatic rings. The van der Waals surface area contributed by atoms with Crippen LogP contribution in [0.1, 0.15) is 28.3 Å². The van der Waals surface area contributed by atoms with Gasteiger partial charge in [-0.25, -0.2) is 0 Å². The zero-order valence-corrected chi connectivity index (χ0v) is 17.4. The SMILES string of the molecule is Cc1ccccc1C1/C(=C(\O)c2cccc(Cl)c2)C(=O)C(=O)N1c1ccccc1C. The number of carbonyl (C=O) groups excluding carboxylic acids is 2. The van der Waals surface area contributed by atoms with Crippen molar-refractivity contribution in [3.05, 3.63) is 106 Å². The summed E-state index contributed by atoms with van der Waals surface area (Å²) in [7, 11) is 0. The van der Waals surface area contributed by atoms with Crippen LogP contribution < -0.4 is 4.90 Å². The number of carbonyl (C=O) groups is 2. The Morgan fingerprint density at radius 2 is 1.57 bits per heavy atom. The monoisotopic (exact) mass is 417 g/mol. The molecule has 1 aliphatic heterocycles. The molecule has 0 aromatic heterocycles. The molecule has 1 unspecified atom stereocenters. The topological polar surface area (TPSA) is 57.6 Å². The Hall–Kier alpha value is -3.37. The Morgan fingerprint density at radius 1 is 0.900 bits per heavy atom. The number of nitrogens with zero attached hydrogens (tertiary/aromatic N) is 1. The first-order chi connectivity index (χ1) is 14.4. The highest BCUT2D eigenvalue weighted by atomic mass is 35.5. The van der Waals surface area contributed by atoms with Gasteiger partial charge in [-0.3, -0.25) is 14.5 Å². The number of ketones is 1. The van der Waals surface area contributed by atoms with Gasteiger partial charge < -0.3 is 5.11 Å². The Labute approximate surface area is 180 Å². The van der Waals surface area contributed by atoms with Gasteiger partial charge in [-0.1, -0.05) is 66.2 Å². The standard InChI is InChI=1S/C25H20ClNO3/c1-15-8-3-5-12-19(15)22-21(23(28)17-10-7-11-18(26)14-17)24(29)25(30)27(22)20-13-6-4-9-16(20)2/h3-14,22,28H,1-2H3/b23-21+. The lowest BCUT2D eigenvalue weighted by Gasteiger charge is -2.27. The Kier molecular flexibility index (Phi) is 5.18. The van der Waals surface area contributed by atoms with Crippen LogP contribution in [0, 0.1) is 13.8 Å². The number of Topliss-reactive ketones (excluding diaryl/α,β-unsaturated/α-hetero) is 1. The number of aliphatic hydroxyl groups excluding tert-OH is 1. The Morgan fingerprint density at radius 3 is 2.23 bits per heavy atom. The summed E-state index contributed by atoms with van der Waals surface area (Å²) in [5.41, 5.74) is 3.64. The van der Waals surface area contributed by atoms with Crippen molar-refractivity contribution >= 4 is 34.7 Å². The molecule has 0 radical (unpaired) electrons. The van der Waals surface area contributed by atoms with Crippen molar-refractivity contribution in [1.82, 2.24) is 0 Å². The molecule has 3 aromatic carbocycles. The fourth-order valence-electron chi connectivity index (χ4n) is 3.89. The number of hydrogen-bond acceptors (Lipinski definition) is 3. The maximum Gasteiger partial charge on any atom is 0.300 e. The van der Waals surface area contributed by atoms with E-state index in [1.807, 2.05) is 62.4 Å². The van der Waals surface area contributed by atoms with E-state index in [1.165, 1.54) is 4.90 Å². The average molecular weight is 418 g/mol. The molecular weight excluding hydrogens is 398 g/mol. The van der Waals surface area contributed by atoms with Gasteiger partial charge in [0.25, 0.3) is 11.7 Å². The number of amides is 1. The second-order valence-corrected chi connectivity index (χ2v) is 7.76. The van der Waals surface area contributed by atoms with Crippen LogP contribution in [-0.2, 0) is 9.59 Å². The van der Waals surface area contributed by atoms with Gasteiger partial charge in [-0.05, 0) is 48.7 Å². The maximum absolute atomic E-state index is 13.2. The molecule has 1 amide bonds. The third-order valence-corrected chi connectivity index (χ3v) is 5.64. The van der Waals surface area contributed by atoms with Gasteiger partial charge in [0.2, 0.25) is 0 Å². The minimum Gasteiger partial charge on any atom is -0.507 e. The average Bonchev–Trinajstić information content (AvgIpc) is 2.99. The van der Waals surface area contributed by atoms with Gasteiger partial charge >= 0.3 is 0 Å². The predicted octanol–water partition coefficient (Wildman–Crippen LogP) is 5.58. The highest BCUT2D eigenvalue weighted by Crippen LogP contribution is 2.43. The van der Waals surface area contributed by atoms with Crippen molar-refractivity contribution in [2.45, 2.75) is 19.9 Å². The van der Waals surface area contributed by atoms with Crippen molar-refractivity contribution in [3.63, 3.8) is 0 Å². The second-order valence-electron chi connectivity index (χ2n) is 7.32. The fraction of sp³-hybridized carbons (Fsp3) is 0.120. The molecule has 4 nitrogen and oxygen atoms in total. The first-order valence-electron chi connectivity index (χ1n) is 9.58.